The summed E-state index contributed by atoms with van der Waals surface area (Å²) in [4.78, 5) is 36.2. The quantitative estimate of drug-likeness (QED) is 0.325. The maximum absolute atomic E-state index is 12.4. The summed E-state index contributed by atoms with van der Waals surface area (Å²) in [6, 6.07) is 9.74. The highest BCUT2D eigenvalue weighted by Gasteiger charge is 2.21. The lowest BCUT2D eigenvalue weighted by Gasteiger charge is -2.21. The number of thiophene rings is 1. The summed E-state index contributed by atoms with van der Waals surface area (Å²) in [5.41, 5.74) is 3.78. The number of benzene rings is 1. The SMILES string of the molecule is CC(=O)N(c1nc(COC(=O)c2csc(-c3cccs3)n2)cs1)c1cccc(C)c1C. The predicted octanol–water partition coefficient (Wildman–Crippen LogP) is 5.99. The minimum Gasteiger partial charge on any atom is -0.454 e. The van der Waals surface area contributed by atoms with Gasteiger partial charge in [0, 0.05) is 17.7 Å². The molecule has 0 radical (unpaired) electrons. The number of anilines is 2. The van der Waals surface area contributed by atoms with Gasteiger partial charge in [0.05, 0.1) is 16.3 Å². The highest BCUT2D eigenvalue weighted by molar-refractivity contribution is 7.20. The Hall–Kier alpha value is -2.88. The maximum atomic E-state index is 12.4. The van der Waals surface area contributed by atoms with Crippen molar-refractivity contribution in [2.45, 2.75) is 27.4 Å². The summed E-state index contributed by atoms with van der Waals surface area (Å²) in [5, 5.41) is 6.80. The Morgan fingerprint density at radius 1 is 1.03 bits per heavy atom. The molecule has 4 aromatic rings. The molecule has 0 fully saturated rings. The molecule has 0 atom stereocenters. The van der Waals surface area contributed by atoms with E-state index >= 15 is 0 Å². The molecule has 6 nitrogen and oxygen atoms in total. The number of hydrogen-bond donors (Lipinski definition) is 0. The number of thiazole rings is 2. The zero-order valence-corrected chi connectivity index (χ0v) is 19.6. The monoisotopic (exact) mass is 469 g/mol. The van der Waals surface area contributed by atoms with Gasteiger partial charge in [-0.15, -0.1) is 34.0 Å². The molecular weight excluding hydrogens is 450 g/mol. The van der Waals surface area contributed by atoms with Crippen LogP contribution in [0, 0.1) is 13.8 Å². The third-order valence-corrected chi connectivity index (χ3v) is 7.42. The number of hydrogen-bond acceptors (Lipinski definition) is 8. The van der Waals surface area contributed by atoms with E-state index in [-0.39, 0.29) is 18.2 Å². The molecule has 0 spiro atoms. The number of carbonyl (C=O) groups excluding carboxylic acids is 2. The van der Waals surface area contributed by atoms with Crippen LogP contribution >= 0.6 is 34.0 Å². The van der Waals surface area contributed by atoms with Gasteiger partial charge in [-0.25, -0.2) is 14.8 Å². The number of amides is 1. The number of ether oxygens (including phenoxy) is 1. The Labute approximate surface area is 191 Å². The van der Waals surface area contributed by atoms with Crippen LogP contribution in [-0.4, -0.2) is 21.8 Å². The fourth-order valence-electron chi connectivity index (χ4n) is 2.94. The molecule has 0 aliphatic carbocycles. The summed E-state index contributed by atoms with van der Waals surface area (Å²) in [5.74, 6) is -0.623. The van der Waals surface area contributed by atoms with Gasteiger partial charge in [-0.1, -0.05) is 18.2 Å². The van der Waals surface area contributed by atoms with Gasteiger partial charge in [-0.3, -0.25) is 9.69 Å². The lowest BCUT2D eigenvalue weighted by atomic mass is 10.1. The van der Waals surface area contributed by atoms with Crippen LogP contribution in [0.3, 0.4) is 0 Å². The molecule has 1 amide bonds. The first-order chi connectivity index (χ1) is 14.9. The van der Waals surface area contributed by atoms with E-state index in [2.05, 4.69) is 9.97 Å². The lowest BCUT2D eigenvalue weighted by molar-refractivity contribution is -0.115. The van der Waals surface area contributed by atoms with E-state index in [0.29, 0.717) is 10.8 Å². The van der Waals surface area contributed by atoms with Crippen LogP contribution in [0.5, 0.6) is 0 Å². The van der Waals surface area contributed by atoms with Crippen LogP contribution in [0.2, 0.25) is 0 Å². The molecule has 0 saturated carbocycles. The zero-order chi connectivity index (χ0) is 22.0. The van der Waals surface area contributed by atoms with Crippen LogP contribution in [0.4, 0.5) is 10.8 Å². The van der Waals surface area contributed by atoms with Crippen molar-refractivity contribution in [3.05, 3.63) is 69.0 Å². The molecule has 3 aromatic heterocycles. The second-order valence-corrected chi connectivity index (χ2v) is 9.43. The molecular formula is C22H19N3O3S3. The van der Waals surface area contributed by atoms with Crippen molar-refractivity contribution >= 4 is 56.7 Å². The zero-order valence-electron chi connectivity index (χ0n) is 17.1. The van der Waals surface area contributed by atoms with E-state index in [4.69, 9.17) is 4.74 Å². The minimum atomic E-state index is -0.494. The first kappa shape index (κ1) is 21.4. The fraction of sp³-hybridized carbons (Fsp3) is 0.182. The Bertz CT molecular complexity index is 1230. The topological polar surface area (TPSA) is 72.4 Å². The molecule has 9 heteroatoms. The van der Waals surface area contributed by atoms with Crippen molar-refractivity contribution in [1.29, 1.82) is 0 Å². The van der Waals surface area contributed by atoms with Gasteiger partial charge in [0.25, 0.3) is 0 Å². The van der Waals surface area contributed by atoms with Crippen LogP contribution in [0.1, 0.15) is 34.2 Å². The van der Waals surface area contributed by atoms with Gasteiger partial charge in [-0.2, -0.15) is 0 Å². The molecule has 1 aromatic carbocycles. The van der Waals surface area contributed by atoms with E-state index in [1.165, 1.54) is 29.6 Å². The molecule has 0 aliphatic rings. The van der Waals surface area contributed by atoms with Crippen molar-refractivity contribution in [3.63, 3.8) is 0 Å². The van der Waals surface area contributed by atoms with E-state index in [9.17, 15) is 9.59 Å². The highest BCUT2D eigenvalue weighted by atomic mass is 32.1. The standard InChI is InChI=1S/C22H19N3O3S3/c1-13-6-4-7-18(14(13)2)25(15(3)26)22-23-16(11-31-22)10-28-21(27)17-12-30-20(24-17)19-8-5-9-29-19/h4-9,11-12H,10H2,1-3H3. The molecule has 0 aliphatic heterocycles. The molecule has 0 saturated heterocycles. The van der Waals surface area contributed by atoms with E-state index in [1.54, 1.807) is 27.0 Å². The number of rotatable bonds is 6. The van der Waals surface area contributed by atoms with Crippen molar-refractivity contribution in [1.82, 2.24) is 9.97 Å². The first-order valence-electron chi connectivity index (χ1n) is 9.42. The van der Waals surface area contributed by atoms with E-state index in [0.717, 1.165) is 26.7 Å². The Balaban J connectivity index is 1.46. The molecule has 3 heterocycles. The number of aromatic nitrogens is 2. The van der Waals surface area contributed by atoms with Gasteiger partial charge in [0.1, 0.15) is 11.6 Å². The third-order valence-electron chi connectivity index (χ3n) is 4.66. The molecule has 0 unspecified atom stereocenters. The second-order valence-electron chi connectivity index (χ2n) is 6.79. The van der Waals surface area contributed by atoms with Crippen molar-refractivity contribution < 1.29 is 14.3 Å². The van der Waals surface area contributed by atoms with Gasteiger partial charge < -0.3 is 4.74 Å². The third kappa shape index (κ3) is 4.58. The Kier molecular flexibility index (Phi) is 6.26. The summed E-state index contributed by atoms with van der Waals surface area (Å²) >= 11 is 4.32. The highest BCUT2D eigenvalue weighted by Crippen LogP contribution is 2.33. The predicted molar refractivity (Wildman–Crippen MR) is 125 cm³/mol. The summed E-state index contributed by atoms with van der Waals surface area (Å²) < 4.78 is 5.40. The summed E-state index contributed by atoms with van der Waals surface area (Å²) in [6.07, 6.45) is 0. The van der Waals surface area contributed by atoms with Crippen LogP contribution < -0.4 is 4.90 Å². The number of nitrogens with zero attached hydrogens (tertiary/aromatic N) is 3. The lowest BCUT2D eigenvalue weighted by Crippen LogP contribution is -2.23. The largest absolute Gasteiger partial charge is 0.454 e. The van der Waals surface area contributed by atoms with Gasteiger partial charge in [0.15, 0.2) is 10.8 Å². The molecule has 0 N–H and O–H groups in total. The second kappa shape index (κ2) is 9.09. The van der Waals surface area contributed by atoms with Gasteiger partial charge in [-0.05, 0) is 42.5 Å². The van der Waals surface area contributed by atoms with Gasteiger partial charge in [0.2, 0.25) is 5.91 Å². The Morgan fingerprint density at radius 3 is 2.61 bits per heavy atom. The van der Waals surface area contributed by atoms with Crippen LogP contribution in [0.25, 0.3) is 9.88 Å². The first-order valence-corrected chi connectivity index (χ1v) is 12.1. The molecule has 4 rings (SSSR count). The van der Waals surface area contributed by atoms with Crippen LogP contribution in [-0.2, 0) is 16.1 Å². The van der Waals surface area contributed by atoms with Crippen molar-refractivity contribution in [3.8, 4) is 9.88 Å². The summed E-state index contributed by atoms with van der Waals surface area (Å²) in [7, 11) is 0. The number of aryl methyl sites for hydroxylation is 1. The average molecular weight is 470 g/mol. The summed E-state index contributed by atoms with van der Waals surface area (Å²) in [6.45, 7) is 5.51. The maximum Gasteiger partial charge on any atom is 0.358 e. The molecule has 158 valence electrons. The molecule has 31 heavy (non-hydrogen) atoms. The van der Waals surface area contributed by atoms with Crippen LogP contribution in [0.15, 0.2) is 46.5 Å². The average Bonchev–Trinajstić information content (AvgIpc) is 3.50. The normalized spacial score (nSPS) is 10.8. The Morgan fingerprint density at radius 2 is 1.87 bits per heavy atom. The fourth-order valence-corrected chi connectivity index (χ4v) is 5.41. The van der Waals surface area contributed by atoms with Crippen molar-refractivity contribution in [2.24, 2.45) is 0 Å². The number of esters is 1. The van der Waals surface area contributed by atoms with E-state index in [1.807, 2.05) is 49.6 Å². The van der Waals surface area contributed by atoms with Gasteiger partial charge >= 0.3 is 5.97 Å². The van der Waals surface area contributed by atoms with E-state index < -0.39 is 5.97 Å². The van der Waals surface area contributed by atoms with Crippen molar-refractivity contribution in [2.75, 3.05) is 4.90 Å². The number of carbonyl (C=O) groups is 2. The minimum absolute atomic E-state index is 0.0136. The smallest absolute Gasteiger partial charge is 0.358 e. The molecule has 0 bridgehead atoms.